The second-order valence-corrected chi connectivity index (χ2v) is 16.5. The van der Waals surface area contributed by atoms with Crippen LogP contribution in [0.15, 0.2) is 273 Å². The Bertz CT molecular complexity index is 3370. The molecule has 11 rings (SSSR count). The lowest BCUT2D eigenvalue weighted by Gasteiger charge is -2.29. The van der Waals surface area contributed by atoms with Gasteiger partial charge in [0, 0.05) is 16.9 Å². The molecule has 306 valence electrons. The molecule has 11 aromatic carbocycles. The first-order chi connectivity index (χ1) is 32.2. The summed E-state index contributed by atoms with van der Waals surface area (Å²) in [5.41, 5.74) is 19.8. The van der Waals surface area contributed by atoms with Gasteiger partial charge < -0.3 is 4.90 Å². The standard InChI is InChI=1S/C64H45N/c1-4-16-46(17-5-1)49-28-30-50(31-29-49)51-34-39-57(40-35-51)65(58-41-36-52(37-42-58)55-33-32-48-20-10-11-23-54(48)44-55)64-27-15-14-26-62(64)61-43-38-56(47-18-6-2-7-19-47)45-63(61)60-25-13-12-24-59(60)53-21-8-3-9-22-53/h1-45H. The van der Waals surface area contributed by atoms with E-state index >= 15 is 0 Å². The molecule has 0 bridgehead atoms. The average molecular weight is 828 g/mol. The van der Waals surface area contributed by atoms with Gasteiger partial charge in [-0.1, -0.05) is 231 Å². The van der Waals surface area contributed by atoms with E-state index in [1.54, 1.807) is 0 Å². The first-order valence-corrected chi connectivity index (χ1v) is 22.3. The Kier molecular flexibility index (Phi) is 10.7. The van der Waals surface area contributed by atoms with Gasteiger partial charge in [0.2, 0.25) is 0 Å². The monoisotopic (exact) mass is 827 g/mol. The van der Waals surface area contributed by atoms with Gasteiger partial charge in [0.25, 0.3) is 0 Å². The highest BCUT2D eigenvalue weighted by atomic mass is 15.1. The molecule has 11 aromatic rings. The Morgan fingerprint density at radius 1 is 0.185 bits per heavy atom. The number of rotatable bonds is 10. The second kappa shape index (κ2) is 17.7. The molecular weight excluding hydrogens is 783 g/mol. The van der Waals surface area contributed by atoms with E-state index < -0.39 is 0 Å². The van der Waals surface area contributed by atoms with Crippen molar-refractivity contribution in [3.8, 4) is 77.9 Å². The fourth-order valence-corrected chi connectivity index (χ4v) is 9.18. The van der Waals surface area contributed by atoms with Crippen LogP contribution in [0.25, 0.3) is 88.7 Å². The molecule has 0 fully saturated rings. The summed E-state index contributed by atoms with van der Waals surface area (Å²) in [7, 11) is 0. The third-order valence-electron chi connectivity index (χ3n) is 12.5. The van der Waals surface area contributed by atoms with Crippen molar-refractivity contribution in [1.82, 2.24) is 0 Å². The minimum Gasteiger partial charge on any atom is -0.310 e. The largest absolute Gasteiger partial charge is 0.310 e. The van der Waals surface area contributed by atoms with Crippen LogP contribution in [0.3, 0.4) is 0 Å². The molecule has 65 heavy (non-hydrogen) atoms. The van der Waals surface area contributed by atoms with Crippen molar-refractivity contribution in [2.24, 2.45) is 0 Å². The number of hydrogen-bond donors (Lipinski definition) is 0. The van der Waals surface area contributed by atoms with Gasteiger partial charge in [0.05, 0.1) is 5.69 Å². The first-order valence-electron chi connectivity index (χ1n) is 22.3. The fourth-order valence-electron chi connectivity index (χ4n) is 9.18. The van der Waals surface area contributed by atoms with Gasteiger partial charge in [-0.3, -0.25) is 0 Å². The van der Waals surface area contributed by atoms with Crippen LogP contribution in [-0.2, 0) is 0 Å². The van der Waals surface area contributed by atoms with Gasteiger partial charge in [-0.05, 0) is 126 Å². The van der Waals surface area contributed by atoms with Gasteiger partial charge in [-0.25, -0.2) is 0 Å². The predicted octanol–water partition coefficient (Wildman–Crippen LogP) is 18.0. The van der Waals surface area contributed by atoms with Crippen LogP contribution in [-0.4, -0.2) is 0 Å². The van der Waals surface area contributed by atoms with Gasteiger partial charge in [0.15, 0.2) is 0 Å². The van der Waals surface area contributed by atoms with E-state index in [9.17, 15) is 0 Å². The van der Waals surface area contributed by atoms with E-state index in [2.05, 4.69) is 278 Å². The number of nitrogens with zero attached hydrogens (tertiary/aromatic N) is 1. The highest BCUT2D eigenvalue weighted by Crippen LogP contribution is 2.47. The van der Waals surface area contributed by atoms with E-state index in [0.29, 0.717) is 0 Å². The van der Waals surface area contributed by atoms with Crippen molar-refractivity contribution in [3.05, 3.63) is 273 Å². The number of para-hydroxylation sites is 1. The van der Waals surface area contributed by atoms with Crippen LogP contribution in [0, 0.1) is 0 Å². The molecule has 0 radical (unpaired) electrons. The van der Waals surface area contributed by atoms with Crippen molar-refractivity contribution < 1.29 is 0 Å². The zero-order chi connectivity index (χ0) is 43.4. The number of anilines is 3. The van der Waals surface area contributed by atoms with Gasteiger partial charge in [-0.2, -0.15) is 0 Å². The van der Waals surface area contributed by atoms with E-state index in [-0.39, 0.29) is 0 Å². The minimum atomic E-state index is 1.08. The Labute approximate surface area is 381 Å². The van der Waals surface area contributed by atoms with Crippen LogP contribution < -0.4 is 4.90 Å². The molecule has 1 nitrogen and oxygen atoms in total. The number of fused-ring (bicyclic) bond motifs is 1. The summed E-state index contributed by atoms with van der Waals surface area (Å²) in [4.78, 5) is 2.42. The molecule has 0 aliphatic carbocycles. The molecule has 0 saturated carbocycles. The molecule has 0 N–H and O–H groups in total. The molecule has 0 aliphatic heterocycles. The summed E-state index contributed by atoms with van der Waals surface area (Å²) in [6.45, 7) is 0. The van der Waals surface area contributed by atoms with Crippen LogP contribution in [0.2, 0.25) is 0 Å². The Morgan fingerprint density at radius 2 is 0.554 bits per heavy atom. The molecule has 0 aromatic heterocycles. The van der Waals surface area contributed by atoms with E-state index in [1.165, 1.54) is 77.5 Å². The molecule has 0 amide bonds. The Balaban J connectivity index is 1.06. The summed E-state index contributed by atoms with van der Waals surface area (Å²) >= 11 is 0. The average Bonchev–Trinajstić information content (AvgIpc) is 3.40. The summed E-state index contributed by atoms with van der Waals surface area (Å²) in [5.74, 6) is 0. The molecular formula is C64H45N. The number of benzene rings is 11. The smallest absolute Gasteiger partial charge is 0.0540 e. The van der Waals surface area contributed by atoms with E-state index in [1.807, 2.05) is 0 Å². The van der Waals surface area contributed by atoms with Crippen molar-refractivity contribution >= 4 is 27.8 Å². The first kappa shape index (κ1) is 39.3. The fraction of sp³-hybridized carbons (Fsp3) is 0. The summed E-state index contributed by atoms with van der Waals surface area (Å²) < 4.78 is 0. The maximum absolute atomic E-state index is 2.42. The summed E-state index contributed by atoms with van der Waals surface area (Å²) in [5, 5.41) is 2.48. The highest BCUT2D eigenvalue weighted by molar-refractivity contribution is 5.99. The lowest BCUT2D eigenvalue weighted by Crippen LogP contribution is -2.11. The van der Waals surface area contributed by atoms with Gasteiger partial charge in [-0.15, -0.1) is 0 Å². The topological polar surface area (TPSA) is 3.24 Å². The van der Waals surface area contributed by atoms with Crippen molar-refractivity contribution in [1.29, 1.82) is 0 Å². The quantitative estimate of drug-likeness (QED) is 0.133. The van der Waals surface area contributed by atoms with Crippen LogP contribution in [0.1, 0.15) is 0 Å². The van der Waals surface area contributed by atoms with Gasteiger partial charge in [0.1, 0.15) is 0 Å². The van der Waals surface area contributed by atoms with Crippen LogP contribution >= 0.6 is 0 Å². The molecule has 1 heteroatoms. The third kappa shape index (κ3) is 8.04. The zero-order valence-corrected chi connectivity index (χ0v) is 35.9. The molecule has 0 aliphatic rings. The van der Waals surface area contributed by atoms with Crippen molar-refractivity contribution in [3.63, 3.8) is 0 Å². The van der Waals surface area contributed by atoms with Crippen LogP contribution in [0.5, 0.6) is 0 Å². The SMILES string of the molecule is c1ccc(-c2ccc(-c3ccc(N(c4ccc(-c5ccc6ccccc6c5)cc4)c4ccccc4-c4ccc(-c5ccccc5)cc4-c4ccccc4-c4ccccc4)cc3)cc2)cc1. The molecule has 0 saturated heterocycles. The van der Waals surface area contributed by atoms with Gasteiger partial charge >= 0.3 is 0 Å². The molecule has 0 atom stereocenters. The maximum atomic E-state index is 2.42. The maximum Gasteiger partial charge on any atom is 0.0540 e. The second-order valence-electron chi connectivity index (χ2n) is 16.5. The van der Waals surface area contributed by atoms with Crippen molar-refractivity contribution in [2.75, 3.05) is 4.90 Å². The van der Waals surface area contributed by atoms with E-state index in [4.69, 9.17) is 0 Å². The third-order valence-corrected chi connectivity index (χ3v) is 12.5. The summed E-state index contributed by atoms with van der Waals surface area (Å²) in [6.07, 6.45) is 0. The molecule has 0 heterocycles. The molecule has 0 unspecified atom stereocenters. The predicted molar refractivity (Wildman–Crippen MR) is 277 cm³/mol. The van der Waals surface area contributed by atoms with E-state index in [0.717, 1.165) is 28.2 Å². The minimum absolute atomic E-state index is 1.08. The number of hydrogen-bond acceptors (Lipinski definition) is 1. The highest BCUT2D eigenvalue weighted by Gasteiger charge is 2.21. The molecule has 0 spiro atoms. The lowest BCUT2D eigenvalue weighted by molar-refractivity contribution is 1.28. The van der Waals surface area contributed by atoms with Crippen LogP contribution in [0.4, 0.5) is 17.1 Å². The normalized spacial score (nSPS) is 11.1. The Morgan fingerprint density at radius 3 is 1.15 bits per heavy atom. The summed E-state index contributed by atoms with van der Waals surface area (Å²) in [6, 6.07) is 98.9. The lowest BCUT2D eigenvalue weighted by atomic mass is 9.86. The van der Waals surface area contributed by atoms with Crippen molar-refractivity contribution in [2.45, 2.75) is 0 Å². The zero-order valence-electron chi connectivity index (χ0n) is 35.9. The Hall–Kier alpha value is -8.52.